The van der Waals surface area contributed by atoms with Gasteiger partial charge in [0.1, 0.15) is 11.3 Å². The highest BCUT2D eigenvalue weighted by Crippen LogP contribution is 2.25. The minimum Gasteiger partial charge on any atom is -0.463 e. The molecular weight excluding hydrogens is 223 g/mol. The van der Waals surface area contributed by atoms with E-state index in [-0.39, 0.29) is 5.52 Å². The lowest BCUT2D eigenvalue weighted by molar-refractivity contribution is 0.580. The van der Waals surface area contributed by atoms with E-state index in [9.17, 15) is 9.18 Å². The molecule has 3 rings (SSSR count). The first-order valence-electron chi connectivity index (χ1n) is 4.98. The first kappa shape index (κ1) is 9.77. The number of hydrogen-bond acceptors (Lipinski definition) is 3. The van der Waals surface area contributed by atoms with Gasteiger partial charge in [-0.15, -0.1) is 0 Å². The van der Waals surface area contributed by atoms with Gasteiger partial charge in [0, 0.05) is 5.39 Å². The fourth-order valence-electron chi connectivity index (χ4n) is 1.75. The molecule has 0 saturated carbocycles. The van der Waals surface area contributed by atoms with Crippen molar-refractivity contribution in [3.05, 3.63) is 52.9 Å². The highest BCUT2D eigenvalue weighted by Gasteiger charge is 2.11. The molecule has 0 spiro atoms. The van der Waals surface area contributed by atoms with E-state index in [0.717, 1.165) is 0 Å². The highest BCUT2D eigenvalue weighted by molar-refractivity contribution is 5.90. The highest BCUT2D eigenvalue weighted by atomic mass is 19.1. The van der Waals surface area contributed by atoms with Crippen molar-refractivity contribution in [3.8, 4) is 11.5 Å². The van der Waals surface area contributed by atoms with E-state index in [0.29, 0.717) is 16.8 Å². The van der Waals surface area contributed by atoms with E-state index >= 15 is 0 Å². The molecule has 5 heteroatoms. The molecule has 84 valence electrons. The minimum absolute atomic E-state index is 0.0441. The minimum atomic E-state index is -0.603. The number of benzene rings is 1. The van der Waals surface area contributed by atoms with Crippen molar-refractivity contribution < 1.29 is 8.81 Å². The number of halogens is 1. The lowest BCUT2D eigenvalue weighted by Gasteiger charge is -2.03. The smallest absolute Gasteiger partial charge is 0.346 e. The fraction of sp³-hybridized carbons (Fsp3) is 0. The number of fused-ring (bicyclic) bond motifs is 1. The molecule has 3 aromatic rings. The van der Waals surface area contributed by atoms with Crippen molar-refractivity contribution in [1.29, 1.82) is 0 Å². The summed E-state index contributed by atoms with van der Waals surface area (Å²) in [5, 5.41) is 0.513. The summed E-state index contributed by atoms with van der Waals surface area (Å²) in [5.41, 5.74) is -0.124. The average Bonchev–Trinajstić information content (AvgIpc) is 2.83. The molecular formula is C12H7FN2O2. The molecule has 1 aromatic carbocycles. The molecule has 4 nitrogen and oxygen atoms in total. The third kappa shape index (κ3) is 1.52. The maximum atomic E-state index is 13.5. The molecule has 2 heterocycles. The third-order valence-electron chi connectivity index (χ3n) is 2.47. The Bertz CT molecular complexity index is 732. The summed E-state index contributed by atoms with van der Waals surface area (Å²) < 4.78 is 18.7. The predicted octanol–water partition coefficient (Wildman–Crippen LogP) is 2.32. The van der Waals surface area contributed by atoms with Crippen molar-refractivity contribution in [2.75, 3.05) is 0 Å². The largest absolute Gasteiger partial charge is 0.463 e. The molecule has 0 saturated heterocycles. The van der Waals surface area contributed by atoms with Gasteiger partial charge in [0.25, 0.3) is 0 Å². The molecule has 0 bridgehead atoms. The average molecular weight is 230 g/mol. The van der Waals surface area contributed by atoms with Gasteiger partial charge in [0.05, 0.1) is 12.0 Å². The van der Waals surface area contributed by atoms with Crippen molar-refractivity contribution >= 4 is 10.9 Å². The molecule has 0 atom stereocenters. The zero-order valence-corrected chi connectivity index (χ0v) is 8.61. The van der Waals surface area contributed by atoms with Gasteiger partial charge in [-0.3, -0.25) is 0 Å². The van der Waals surface area contributed by atoms with Crippen LogP contribution in [0.2, 0.25) is 0 Å². The number of para-hydroxylation sites is 1. The van der Waals surface area contributed by atoms with Gasteiger partial charge in [-0.1, -0.05) is 12.1 Å². The molecule has 0 unspecified atom stereocenters. The Kier molecular flexibility index (Phi) is 2.04. The molecule has 2 aromatic heterocycles. The number of rotatable bonds is 1. The van der Waals surface area contributed by atoms with Crippen LogP contribution in [0.3, 0.4) is 0 Å². The van der Waals surface area contributed by atoms with Gasteiger partial charge in [0.15, 0.2) is 5.76 Å². The van der Waals surface area contributed by atoms with E-state index in [1.165, 1.54) is 12.3 Å². The number of aromatic amines is 1. The zero-order chi connectivity index (χ0) is 11.8. The summed E-state index contributed by atoms with van der Waals surface area (Å²) in [6.07, 6.45) is 1.49. The molecule has 1 N–H and O–H groups in total. The molecule has 0 aliphatic heterocycles. The van der Waals surface area contributed by atoms with Crippen molar-refractivity contribution in [1.82, 2.24) is 9.97 Å². The van der Waals surface area contributed by atoms with Crippen LogP contribution >= 0.6 is 0 Å². The summed E-state index contributed by atoms with van der Waals surface area (Å²) in [6, 6.07) is 7.89. The van der Waals surface area contributed by atoms with Crippen molar-refractivity contribution in [2.24, 2.45) is 0 Å². The van der Waals surface area contributed by atoms with E-state index in [4.69, 9.17) is 4.42 Å². The van der Waals surface area contributed by atoms with Gasteiger partial charge in [-0.2, -0.15) is 4.98 Å². The van der Waals surface area contributed by atoms with E-state index in [2.05, 4.69) is 9.97 Å². The Labute approximate surface area is 94.7 Å². The van der Waals surface area contributed by atoms with Crippen molar-refractivity contribution in [3.63, 3.8) is 0 Å². The Morgan fingerprint density at radius 2 is 2.12 bits per heavy atom. The lowest BCUT2D eigenvalue weighted by atomic mass is 10.1. The summed E-state index contributed by atoms with van der Waals surface area (Å²) in [6.45, 7) is 0. The van der Waals surface area contributed by atoms with E-state index < -0.39 is 11.5 Å². The van der Waals surface area contributed by atoms with Crippen LogP contribution < -0.4 is 5.69 Å². The van der Waals surface area contributed by atoms with E-state index in [1.54, 1.807) is 24.3 Å². The molecule has 0 amide bonds. The SMILES string of the molecule is O=c1nc2c(F)cccc2c(-c2ccco2)[nH]1. The monoisotopic (exact) mass is 230 g/mol. The first-order chi connectivity index (χ1) is 8.25. The van der Waals surface area contributed by atoms with Crippen LogP contribution in [0, 0.1) is 5.82 Å². The second-order valence-electron chi connectivity index (χ2n) is 3.53. The molecule has 0 aliphatic rings. The first-order valence-corrected chi connectivity index (χ1v) is 4.98. The van der Waals surface area contributed by atoms with Crippen LogP contribution in [-0.2, 0) is 0 Å². The summed E-state index contributed by atoms with van der Waals surface area (Å²) in [7, 11) is 0. The summed E-state index contributed by atoms with van der Waals surface area (Å²) >= 11 is 0. The van der Waals surface area contributed by atoms with Crippen LogP contribution in [0.15, 0.2) is 45.8 Å². The lowest BCUT2D eigenvalue weighted by Crippen LogP contribution is -2.11. The number of nitrogens with one attached hydrogen (secondary N) is 1. The Morgan fingerprint density at radius 1 is 1.24 bits per heavy atom. The van der Waals surface area contributed by atoms with E-state index in [1.807, 2.05) is 0 Å². The number of aromatic nitrogens is 2. The quantitative estimate of drug-likeness (QED) is 0.697. The van der Waals surface area contributed by atoms with Gasteiger partial charge in [-0.25, -0.2) is 9.18 Å². The fourth-order valence-corrected chi connectivity index (χ4v) is 1.75. The summed E-state index contributed by atoms with van der Waals surface area (Å²) in [5.74, 6) is -0.0542. The number of furan rings is 1. The van der Waals surface area contributed by atoms with Gasteiger partial charge < -0.3 is 9.40 Å². The Balaban J connectivity index is 2.46. The Hall–Kier alpha value is -2.43. The number of H-pyrrole nitrogens is 1. The maximum absolute atomic E-state index is 13.5. The summed E-state index contributed by atoms with van der Waals surface area (Å²) in [4.78, 5) is 17.5. The topological polar surface area (TPSA) is 58.9 Å². The van der Waals surface area contributed by atoms with Crippen LogP contribution in [0.4, 0.5) is 4.39 Å². The second kappa shape index (κ2) is 3.55. The number of hydrogen-bond donors (Lipinski definition) is 1. The van der Waals surface area contributed by atoms with Gasteiger partial charge in [-0.05, 0) is 18.2 Å². The van der Waals surface area contributed by atoms with Gasteiger partial charge in [0.2, 0.25) is 0 Å². The third-order valence-corrected chi connectivity index (χ3v) is 2.47. The predicted molar refractivity (Wildman–Crippen MR) is 60.0 cm³/mol. The number of nitrogens with zero attached hydrogens (tertiary/aromatic N) is 1. The molecule has 0 radical (unpaired) electrons. The molecule has 0 fully saturated rings. The zero-order valence-electron chi connectivity index (χ0n) is 8.61. The van der Waals surface area contributed by atoms with Crippen LogP contribution in [0.5, 0.6) is 0 Å². The van der Waals surface area contributed by atoms with Crippen LogP contribution in [-0.4, -0.2) is 9.97 Å². The maximum Gasteiger partial charge on any atom is 0.346 e. The second-order valence-corrected chi connectivity index (χ2v) is 3.53. The van der Waals surface area contributed by atoms with Crippen LogP contribution in [0.1, 0.15) is 0 Å². The Morgan fingerprint density at radius 3 is 2.88 bits per heavy atom. The molecule has 0 aliphatic carbocycles. The van der Waals surface area contributed by atoms with Gasteiger partial charge >= 0.3 is 5.69 Å². The van der Waals surface area contributed by atoms with Crippen molar-refractivity contribution in [2.45, 2.75) is 0 Å². The normalized spacial score (nSPS) is 10.9. The standard InChI is InChI=1S/C12H7FN2O2/c13-8-4-1-3-7-10(8)14-12(16)15-11(7)9-5-2-6-17-9/h1-6H,(H,14,15,16). The van der Waals surface area contributed by atoms with Crippen LogP contribution in [0.25, 0.3) is 22.4 Å². The molecule has 17 heavy (non-hydrogen) atoms.